The average Bonchev–Trinajstić information content (AvgIpc) is 2.47. The van der Waals surface area contributed by atoms with Gasteiger partial charge in [-0.1, -0.05) is 41.4 Å². The first-order valence-electron chi connectivity index (χ1n) is 6.29. The molecule has 0 aliphatic heterocycles. The molecule has 3 nitrogen and oxygen atoms in total. The normalized spacial score (nSPS) is 12.2. The summed E-state index contributed by atoms with van der Waals surface area (Å²) in [5.74, 6) is 5.31. The predicted octanol–water partition coefficient (Wildman–Crippen LogP) is 3.89. The van der Waals surface area contributed by atoms with Crippen molar-refractivity contribution in [2.45, 2.75) is 12.5 Å². The smallest absolute Gasteiger partial charge is 0.169 e. The lowest BCUT2D eigenvalue weighted by Crippen LogP contribution is -2.30. The van der Waals surface area contributed by atoms with Crippen LogP contribution in [0.4, 0.5) is 4.39 Å². The van der Waals surface area contributed by atoms with Crippen LogP contribution in [0.1, 0.15) is 17.2 Å². The summed E-state index contributed by atoms with van der Waals surface area (Å²) in [6.45, 7) is 0. The molecule has 0 spiro atoms. The van der Waals surface area contributed by atoms with E-state index in [4.69, 9.17) is 33.8 Å². The molecule has 0 aliphatic carbocycles. The van der Waals surface area contributed by atoms with E-state index in [0.29, 0.717) is 22.0 Å². The lowest BCUT2D eigenvalue weighted by atomic mass is 9.98. The van der Waals surface area contributed by atoms with Crippen molar-refractivity contribution in [3.63, 3.8) is 0 Å². The Hall–Kier alpha value is -1.33. The summed E-state index contributed by atoms with van der Waals surface area (Å²) in [6, 6.07) is 9.68. The number of benzene rings is 2. The van der Waals surface area contributed by atoms with Gasteiger partial charge in [0.15, 0.2) is 11.6 Å². The highest BCUT2D eigenvalue weighted by Crippen LogP contribution is 2.29. The third-order valence-corrected chi connectivity index (χ3v) is 3.82. The maximum atomic E-state index is 14.3. The number of rotatable bonds is 5. The molecule has 2 aromatic carbocycles. The molecule has 21 heavy (non-hydrogen) atoms. The van der Waals surface area contributed by atoms with Gasteiger partial charge in [0.1, 0.15) is 0 Å². The second kappa shape index (κ2) is 7.09. The van der Waals surface area contributed by atoms with Crippen LogP contribution < -0.4 is 16.0 Å². The number of nitrogens with one attached hydrogen (secondary N) is 1. The van der Waals surface area contributed by atoms with Crippen LogP contribution in [-0.2, 0) is 6.42 Å². The number of halogens is 3. The van der Waals surface area contributed by atoms with Gasteiger partial charge in [-0.05, 0) is 30.2 Å². The van der Waals surface area contributed by atoms with E-state index in [2.05, 4.69) is 5.43 Å². The van der Waals surface area contributed by atoms with Crippen LogP contribution in [0.5, 0.6) is 5.75 Å². The van der Waals surface area contributed by atoms with Gasteiger partial charge in [-0.25, -0.2) is 4.39 Å². The Bertz CT molecular complexity index is 637. The molecule has 2 rings (SSSR count). The molecule has 112 valence electrons. The maximum absolute atomic E-state index is 14.3. The Balaban J connectivity index is 2.32. The highest BCUT2D eigenvalue weighted by Gasteiger charge is 2.19. The Morgan fingerprint density at radius 3 is 2.67 bits per heavy atom. The zero-order chi connectivity index (χ0) is 15.4. The van der Waals surface area contributed by atoms with E-state index in [0.717, 1.165) is 5.56 Å². The van der Waals surface area contributed by atoms with Crippen LogP contribution in [-0.4, -0.2) is 7.11 Å². The standard InChI is InChI=1S/C15H15Cl2FN2O/c1-21-14-4-2-3-11(15(14)18)13(20-19)7-9-5-6-10(16)8-12(9)17/h2-6,8,13,20H,7,19H2,1H3. The van der Waals surface area contributed by atoms with Gasteiger partial charge < -0.3 is 4.74 Å². The number of hydrogen-bond acceptors (Lipinski definition) is 3. The number of nitrogens with two attached hydrogens (primary N) is 1. The van der Waals surface area contributed by atoms with Gasteiger partial charge in [0.2, 0.25) is 0 Å². The first kappa shape index (κ1) is 16.0. The van der Waals surface area contributed by atoms with Crippen molar-refractivity contribution in [2.24, 2.45) is 5.84 Å². The van der Waals surface area contributed by atoms with Gasteiger partial charge in [-0.2, -0.15) is 0 Å². The SMILES string of the molecule is COc1cccc(C(Cc2ccc(Cl)cc2Cl)NN)c1F. The molecular weight excluding hydrogens is 314 g/mol. The fourth-order valence-electron chi connectivity index (χ4n) is 2.12. The molecule has 2 aromatic rings. The third kappa shape index (κ3) is 3.66. The molecule has 0 saturated carbocycles. The largest absolute Gasteiger partial charge is 0.494 e. The molecule has 0 heterocycles. The quantitative estimate of drug-likeness (QED) is 0.646. The first-order chi connectivity index (χ1) is 10.1. The maximum Gasteiger partial charge on any atom is 0.169 e. The molecule has 1 atom stereocenters. The number of hydrazine groups is 1. The molecule has 3 N–H and O–H groups in total. The molecule has 0 saturated heterocycles. The van der Waals surface area contributed by atoms with Crippen molar-refractivity contribution in [3.05, 3.63) is 63.4 Å². The van der Waals surface area contributed by atoms with E-state index in [1.807, 2.05) is 0 Å². The van der Waals surface area contributed by atoms with Crippen molar-refractivity contribution in [1.82, 2.24) is 5.43 Å². The summed E-state index contributed by atoms with van der Waals surface area (Å²) in [5, 5.41) is 1.07. The van der Waals surface area contributed by atoms with Crippen molar-refractivity contribution < 1.29 is 9.13 Å². The van der Waals surface area contributed by atoms with E-state index < -0.39 is 11.9 Å². The second-order valence-electron chi connectivity index (χ2n) is 4.52. The number of ether oxygens (including phenoxy) is 1. The molecule has 1 unspecified atom stereocenters. The molecule has 0 aromatic heterocycles. The minimum absolute atomic E-state index is 0.176. The minimum Gasteiger partial charge on any atom is -0.494 e. The van der Waals surface area contributed by atoms with Gasteiger partial charge in [-0.3, -0.25) is 11.3 Å². The molecule has 0 bridgehead atoms. The van der Waals surface area contributed by atoms with Crippen molar-refractivity contribution in [2.75, 3.05) is 7.11 Å². The zero-order valence-corrected chi connectivity index (χ0v) is 12.9. The molecule has 0 fully saturated rings. The van der Waals surface area contributed by atoms with Gasteiger partial charge in [0.25, 0.3) is 0 Å². The lowest BCUT2D eigenvalue weighted by Gasteiger charge is -2.19. The average molecular weight is 329 g/mol. The fraction of sp³-hybridized carbons (Fsp3) is 0.200. The van der Waals surface area contributed by atoms with Gasteiger partial charge in [-0.15, -0.1) is 0 Å². The van der Waals surface area contributed by atoms with Crippen LogP contribution in [0.3, 0.4) is 0 Å². The lowest BCUT2D eigenvalue weighted by molar-refractivity contribution is 0.379. The highest BCUT2D eigenvalue weighted by molar-refractivity contribution is 6.35. The van der Waals surface area contributed by atoms with Crippen molar-refractivity contribution in [3.8, 4) is 5.75 Å². The topological polar surface area (TPSA) is 47.3 Å². The molecule has 0 aliphatic rings. The Labute approximate surface area is 132 Å². The number of hydrogen-bond donors (Lipinski definition) is 2. The molecule has 6 heteroatoms. The van der Waals surface area contributed by atoms with E-state index in [9.17, 15) is 4.39 Å². The summed E-state index contributed by atoms with van der Waals surface area (Å²) in [4.78, 5) is 0. The van der Waals surface area contributed by atoms with E-state index in [1.165, 1.54) is 7.11 Å². The third-order valence-electron chi connectivity index (χ3n) is 3.23. The first-order valence-corrected chi connectivity index (χ1v) is 7.05. The minimum atomic E-state index is -0.437. The van der Waals surface area contributed by atoms with Gasteiger partial charge in [0, 0.05) is 15.6 Å². The Morgan fingerprint density at radius 1 is 1.29 bits per heavy atom. The molecule has 0 radical (unpaired) electrons. The summed E-state index contributed by atoms with van der Waals surface area (Å²) < 4.78 is 19.3. The monoisotopic (exact) mass is 328 g/mol. The van der Waals surface area contributed by atoms with Crippen molar-refractivity contribution in [1.29, 1.82) is 0 Å². The number of methoxy groups -OCH3 is 1. The van der Waals surface area contributed by atoms with Crippen LogP contribution in [0.15, 0.2) is 36.4 Å². The van der Waals surface area contributed by atoms with E-state index >= 15 is 0 Å². The summed E-state index contributed by atoms with van der Waals surface area (Å²) in [5.41, 5.74) is 3.86. The fourth-order valence-corrected chi connectivity index (χ4v) is 2.61. The molecule has 0 amide bonds. The van der Waals surface area contributed by atoms with Gasteiger partial charge >= 0.3 is 0 Å². The van der Waals surface area contributed by atoms with Crippen LogP contribution in [0.2, 0.25) is 10.0 Å². The highest BCUT2D eigenvalue weighted by atomic mass is 35.5. The summed E-state index contributed by atoms with van der Waals surface area (Å²) in [6.07, 6.45) is 0.427. The van der Waals surface area contributed by atoms with Crippen LogP contribution in [0, 0.1) is 5.82 Å². The van der Waals surface area contributed by atoms with Crippen molar-refractivity contribution >= 4 is 23.2 Å². The van der Waals surface area contributed by atoms with E-state index in [-0.39, 0.29) is 5.75 Å². The summed E-state index contributed by atoms with van der Waals surface area (Å²) >= 11 is 12.0. The zero-order valence-electron chi connectivity index (χ0n) is 11.4. The predicted molar refractivity (Wildman–Crippen MR) is 83.2 cm³/mol. The van der Waals surface area contributed by atoms with Gasteiger partial charge in [0.05, 0.1) is 13.2 Å². The Kier molecular flexibility index (Phi) is 5.42. The molecular formula is C15H15Cl2FN2O. The van der Waals surface area contributed by atoms with E-state index in [1.54, 1.807) is 36.4 Å². The van der Waals surface area contributed by atoms with Crippen LogP contribution in [0.25, 0.3) is 0 Å². The Morgan fingerprint density at radius 2 is 2.05 bits per heavy atom. The second-order valence-corrected chi connectivity index (χ2v) is 5.37. The van der Waals surface area contributed by atoms with Crippen LogP contribution >= 0.6 is 23.2 Å². The summed E-state index contributed by atoms with van der Waals surface area (Å²) in [7, 11) is 1.42.